The lowest BCUT2D eigenvalue weighted by Gasteiger charge is -2.27. The third-order valence-electron chi connectivity index (χ3n) is 4.01. The molecular weight excluding hydrogens is 349 g/mol. The van der Waals surface area contributed by atoms with E-state index in [1.54, 1.807) is 24.5 Å². The molecule has 0 bridgehead atoms. The van der Waals surface area contributed by atoms with E-state index in [0.717, 1.165) is 42.9 Å². The number of hydrogen-bond donors (Lipinski definition) is 1. The maximum atomic E-state index is 13.3. The maximum absolute atomic E-state index is 13.3. The molecule has 1 aromatic heterocycles. The molecule has 1 aliphatic rings. The van der Waals surface area contributed by atoms with Gasteiger partial charge in [0.15, 0.2) is 0 Å². The highest BCUT2D eigenvalue weighted by Crippen LogP contribution is 2.39. The number of nitrogens with one attached hydrogen (secondary N) is 1. The molecule has 0 fully saturated rings. The number of aromatic nitrogens is 2. The number of rotatable bonds is 5. The summed E-state index contributed by atoms with van der Waals surface area (Å²) in [6.45, 7) is 2.82. The van der Waals surface area contributed by atoms with Crippen molar-refractivity contribution in [2.24, 2.45) is 0 Å². The van der Waals surface area contributed by atoms with Crippen LogP contribution in [-0.4, -0.2) is 22.1 Å². The van der Waals surface area contributed by atoms with E-state index in [2.05, 4.69) is 38.1 Å². The van der Waals surface area contributed by atoms with Gasteiger partial charge < -0.3 is 10.1 Å². The van der Waals surface area contributed by atoms with Gasteiger partial charge >= 0.3 is 0 Å². The molecule has 0 amide bonds. The molecule has 4 nitrogen and oxygen atoms in total. The smallest absolute Gasteiger partial charge is 0.144 e. The molecule has 1 N–H and O–H groups in total. The van der Waals surface area contributed by atoms with Crippen LogP contribution in [0.2, 0.25) is 0 Å². The number of hydrogen-bond acceptors (Lipinski definition) is 4. The van der Waals surface area contributed by atoms with Crippen LogP contribution in [0.25, 0.3) is 0 Å². The molecule has 0 spiro atoms. The molecule has 1 atom stereocenters. The van der Waals surface area contributed by atoms with E-state index in [9.17, 15) is 4.39 Å². The zero-order valence-electron chi connectivity index (χ0n) is 12.3. The van der Waals surface area contributed by atoms with Gasteiger partial charge in [0.2, 0.25) is 0 Å². The van der Waals surface area contributed by atoms with Crippen molar-refractivity contribution in [2.45, 2.75) is 31.8 Å². The number of benzene rings is 1. The Bertz CT molecular complexity index is 665. The minimum Gasteiger partial charge on any atom is -0.487 e. The van der Waals surface area contributed by atoms with Crippen LogP contribution in [-0.2, 0) is 6.42 Å². The van der Waals surface area contributed by atoms with E-state index >= 15 is 0 Å². The predicted molar refractivity (Wildman–Crippen MR) is 86.6 cm³/mol. The Hall–Kier alpha value is -1.69. The van der Waals surface area contributed by atoms with Crippen LogP contribution >= 0.6 is 15.9 Å². The fraction of sp³-hybridized carbons (Fsp3) is 0.375. The minimum atomic E-state index is -0.272. The van der Waals surface area contributed by atoms with Crippen LogP contribution in [0.1, 0.15) is 25.3 Å². The van der Waals surface area contributed by atoms with Crippen molar-refractivity contribution in [3.8, 4) is 5.75 Å². The summed E-state index contributed by atoms with van der Waals surface area (Å²) in [5, 5.41) is 3.25. The van der Waals surface area contributed by atoms with E-state index in [4.69, 9.17) is 4.74 Å². The third kappa shape index (κ3) is 3.21. The van der Waals surface area contributed by atoms with Gasteiger partial charge in [0.05, 0.1) is 12.4 Å². The first-order valence-corrected chi connectivity index (χ1v) is 8.08. The summed E-state index contributed by atoms with van der Waals surface area (Å²) in [5.41, 5.74) is 0.677. The average Bonchev–Trinajstić information content (AvgIpc) is 2.87. The number of anilines is 1. The lowest BCUT2D eigenvalue weighted by Crippen LogP contribution is -2.35. The standard InChI is InChI=1S/C16H17BrFN3O/c1-2-16(5-6-19-15-10-20-14(17)9-21-15)8-11-7-12(18)3-4-13(11)22-16/h3-4,7,9-10H,2,5-6,8H2,1H3,(H,19,21). The molecule has 0 saturated carbocycles. The Morgan fingerprint density at radius 3 is 2.95 bits per heavy atom. The predicted octanol–water partition coefficient (Wildman–Crippen LogP) is 3.96. The number of nitrogens with zero attached hydrogens (tertiary/aromatic N) is 2. The van der Waals surface area contributed by atoms with Crippen molar-refractivity contribution in [3.63, 3.8) is 0 Å². The van der Waals surface area contributed by atoms with Gasteiger partial charge in [0.1, 0.15) is 27.6 Å². The van der Waals surface area contributed by atoms with E-state index in [1.807, 2.05) is 0 Å². The Morgan fingerprint density at radius 1 is 1.36 bits per heavy atom. The van der Waals surface area contributed by atoms with E-state index in [0.29, 0.717) is 4.60 Å². The molecule has 0 saturated heterocycles. The van der Waals surface area contributed by atoms with Gasteiger partial charge in [-0.3, -0.25) is 0 Å². The van der Waals surface area contributed by atoms with Crippen LogP contribution in [0.15, 0.2) is 35.2 Å². The lowest BCUT2D eigenvalue weighted by atomic mass is 9.91. The van der Waals surface area contributed by atoms with Crippen LogP contribution in [0.4, 0.5) is 10.2 Å². The summed E-state index contributed by atoms with van der Waals surface area (Å²) in [5.74, 6) is 1.32. The number of fused-ring (bicyclic) bond motifs is 1. The summed E-state index contributed by atoms with van der Waals surface area (Å²) in [4.78, 5) is 8.36. The second-order valence-corrected chi connectivity index (χ2v) is 6.28. The third-order valence-corrected chi connectivity index (χ3v) is 4.42. The van der Waals surface area contributed by atoms with Crippen molar-refractivity contribution in [2.75, 3.05) is 11.9 Å². The highest BCUT2D eigenvalue weighted by atomic mass is 79.9. The van der Waals surface area contributed by atoms with Gasteiger partial charge in [0, 0.05) is 24.9 Å². The second-order valence-electron chi connectivity index (χ2n) is 5.47. The minimum absolute atomic E-state index is 0.211. The fourth-order valence-electron chi connectivity index (χ4n) is 2.74. The van der Waals surface area contributed by atoms with Crippen molar-refractivity contribution in [3.05, 3.63) is 46.6 Å². The number of halogens is 2. The highest BCUT2D eigenvalue weighted by Gasteiger charge is 2.37. The summed E-state index contributed by atoms with van der Waals surface area (Å²) < 4.78 is 20.2. The Balaban J connectivity index is 1.62. The van der Waals surface area contributed by atoms with Crippen molar-refractivity contribution in [1.29, 1.82) is 0 Å². The topological polar surface area (TPSA) is 47.0 Å². The first kappa shape index (κ1) is 15.2. The molecule has 0 aliphatic carbocycles. The number of ether oxygens (including phenoxy) is 1. The van der Waals surface area contributed by atoms with Crippen molar-refractivity contribution >= 4 is 21.7 Å². The fourth-order valence-corrected chi connectivity index (χ4v) is 2.94. The van der Waals surface area contributed by atoms with Gasteiger partial charge in [-0.05, 0) is 40.5 Å². The molecule has 3 rings (SSSR count). The molecule has 0 radical (unpaired) electrons. The van der Waals surface area contributed by atoms with Crippen molar-refractivity contribution in [1.82, 2.24) is 9.97 Å². The quantitative estimate of drug-likeness (QED) is 0.870. The summed E-state index contributed by atoms with van der Waals surface area (Å²) in [7, 11) is 0. The summed E-state index contributed by atoms with van der Waals surface area (Å²) >= 11 is 3.26. The van der Waals surface area contributed by atoms with Gasteiger partial charge in [-0.25, -0.2) is 14.4 Å². The molecule has 2 heterocycles. The molecule has 1 aromatic carbocycles. The highest BCUT2D eigenvalue weighted by molar-refractivity contribution is 9.10. The first-order valence-electron chi connectivity index (χ1n) is 7.29. The first-order chi connectivity index (χ1) is 10.6. The normalized spacial score (nSPS) is 19.6. The average molecular weight is 366 g/mol. The molecule has 6 heteroatoms. The van der Waals surface area contributed by atoms with Crippen LogP contribution < -0.4 is 10.1 Å². The van der Waals surface area contributed by atoms with Gasteiger partial charge in [-0.2, -0.15) is 0 Å². The molecular formula is C16H17BrFN3O. The van der Waals surface area contributed by atoms with E-state index in [1.165, 1.54) is 6.07 Å². The maximum Gasteiger partial charge on any atom is 0.144 e. The van der Waals surface area contributed by atoms with Crippen LogP contribution in [0.3, 0.4) is 0 Å². The zero-order valence-corrected chi connectivity index (χ0v) is 13.9. The Kier molecular flexibility index (Phi) is 4.29. The SMILES string of the molecule is CCC1(CCNc2cnc(Br)cn2)Cc2cc(F)ccc2O1. The zero-order chi connectivity index (χ0) is 15.6. The molecule has 1 aliphatic heterocycles. The van der Waals surface area contributed by atoms with Crippen LogP contribution in [0, 0.1) is 5.82 Å². The summed E-state index contributed by atoms with van der Waals surface area (Å²) in [6, 6.07) is 4.73. The monoisotopic (exact) mass is 365 g/mol. The Morgan fingerprint density at radius 2 is 2.23 bits per heavy atom. The molecule has 22 heavy (non-hydrogen) atoms. The van der Waals surface area contributed by atoms with E-state index in [-0.39, 0.29) is 11.4 Å². The largest absolute Gasteiger partial charge is 0.487 e. The van der Waals surface area contributed by atoms with Gasteiger partial charge in [0.25, 0.3) is 0 Å². The van der Waals surface area contributed by atoms with Crippen LogP contribution in [0.5, 0.6) is 5.75 Å². The molecule has 2 aromatic rings. The summed E-state index contributed by atoms with van der Waals surface area (Å²) in [6.07, 6.45) is 5.77. The molecule has 1 unspecified atom stereocenters. The second kappa shape index (κ2) is 6.20. The van der Waals surface area contributed by atoms with Gasteiger partial charge in [-0.1, -0.05) is 6.92 Å². The lowest BCUT2D eigenvalue weighted by molar-refractivity contribution is 0.0840. The Labute approximate surface area is 137 Å². The van der Waals surface area contributed by atoms with Crippen molar-refractivity contribution < 1.29 is 9.13 Å². The van der Waals surface area contributed by atoms with E-state index < -0.39 is 0 Å². The molecule has 116 valence electrons. The van der Waals surface area contributed by atoms with Gasteiger partial charge in [-0.15, -0.1) is 0 Å².